The van der Waals surface area contributed by atoms with Gasteiger partial charge in [-0.25, -0.2) is 0 Å². The van der Waals surface area contributed by atoms with E-state index in [-0.39, 0.29) is 17.9 Å². The largest absolute Gasteiger partial charge is 0.490 e. The molecule has 0 aliphatic heterocycles. The van der Waals surface area contributed by atoms with E-state index in [1.807, 2.05) is 77.9 Å². The van der Waals surface area contributed by atoms with E-state index in [9.17, 15) is 9.59 Å². The maximum Gasteiger partial charge on any atom is 0.243 e. The van der Waals surface area contributed by atoms with Crippen LogP contribution in [0.25, 0.3) is 0 Å². The minimum absolute atomic E-state index is 0.0375. The molecular formula is C29H42N2O4. The zero-order valence-corrected chi connectivity index (χ0v) is 22.2. The first-order chi connectivity index (χ1) is 16.8. The lowest BCUT2D eigenvalue weighted by Gasteiger charge is -2.31. The molecular weight excluding hydrogens is 440 g/mol. The summed E-state index contributed by atoms with van der Waals surface area (Å²) < 4.78 is 11.4. The number of carbonyl (C=O) groups is 2. The Hall–Kier alpha value is -3.02. The molecule has 0 aromatic heterocycles. The van der Waals surface area contributed by atoms with E-state index in [0.29, 0.717) is 50.5 Å². The molecule has 2 amide bonds. The number of amides is 2. The van der Waals surface area contributed by atoms with Gasteiger partial charge in [-0.2, -0.15) is 0 Å². The van der Waals surface area contributed by atoms with Crippen LogP contribution in [0.1, 0.15) is 70.6 Å². The van der Waals surface area contributed by atoms with Gasteiger partial charge in [0.2, 0.25) is 11.8 Å². The molecule has 192 valence electrons. The van der Waals surface area contributed by atoms with E-state index in [4.69, 9.17) is 9.47 Å². The first-order valence-electron chi connectivity index (χ1n) is 12.9. The van der Waals surface area contributed by atoms with Gasteiger partial charge >= 0.3 is 0 Å². The maximum absolute atomic E-state index is 13.5. The lowest BCUT2D eigenvalue weighted by atomic mass is 10.0. The van der Waals surface area contributed by atoms with Gasteiger partial charge in [0.05, 0.1) is 13.2 Å². The monoisotopic (exact) mass is 482 g/mol. The third-order valence-corrected chi connectivity index (χ3v) is 6.06. The Balaban J connectivity index is 2.24. The van der Waals surface area contributed by atoms with Crippen molar-refractivity contribution in [3.05, 3.63) is 59.2 Å². The van der Waals surface area contributed by atoms with Crippen LogP contribution in [0.15, 0.2) is 42.5 Å². The summed E-state index contributed by atoms with van der Waals surface area (Å²) in [4.78, 5) is 28.4. The number of nitrogens with one attached hydrogen (secondary N) is 1. The molecule has 0 fully saturated rings. The van der Waals surface area contributed by atoms with E-state index in [1.54, 1.807) is 4.90 Å². The van der Waals surface area contributed by atoms with Gasteiger partial charge in [0, 0.05) is 19.0 Å². The fourth-order valence-electron chi connectivity index (χ4n) is 4.01. The molecule has 0 saturated heterocycles. The van der Waals surface area contributed by atoms with Gasteiger partial charge in [-0.1, -0.05) is 49.7 Å². The highest BCUT2D eigenvalue weighted by atomic mass is 16.5. The third-order valence-electron chi connectivity index (χ3n) is 6.06. The van der Waals surface area contributed by atoms with Gasteiger partial charge in [0.1, 0.15) is 6.04 Å². The topological polar surface area (TPSA) is 67.9 Å². The molecule has 6 heteroatoms. The summed E-state index contributed by atoms with van der Waals surface area (Å²) in [7, 11) is 0. The number of hydrogen-bond acceptors (Lipinski definition) is 4. The Bertz CT molecular complexity index is 959. The number of rotatable bonds is 14. The minimum atomic E-state index is -0.517. The average molecular weight is 483 g/mol. The van der Waals surface area contributed by atoms with Crippen LogP contribution in [0, 0.1) is 6.92 Å². The molecule has 0 aliphatic rings. The highest BCUT2D eigenvalue weighted by Crippen LogP contribution is 2.29. The van der Waals surface area contributed by atoms with Crippen molar-refractivity contribution >= 4 is 11.8 Å². The number of carbonyl (C=O) groups excluding carboxylic acids is 2. The molecule has 0 saturated carbocycles. The van der Waals surface area contributed by atoms with Crippen molar-refractivity contribution in [3.63, 3.8) is 0 Å². The first-order valence-corrected chi connectivity index (χ1v) is 12.9. The van der Waals surface area contributed by atoms with Crippen molar-refractivity contribution in [3.8, 4) is 11.5 Å². The summed E-state index contributed by atoms with van der Waals surface area (Å²) in [5.41, 5.74) is 3.15. The minimum Gasteiger partial charge on any atom is -0.490 e. The van der Waals surface area contributed by atoms with Crippen molar-refractivity contribution in [1.29, 1.82) is 0 Å². The Morgan fingerprint density at radius 1 is 0.914 bits per heavy atom. The highest BCUT2D eigenvalue weighted by molar-refractivity contribution is 5.88. The van der Waals surface area contributed by atoms with Gasteiger partial charge < -0.3 is 19.7 Å². The summed E-state index contributed by atoms with van der Waals surface area (Å²) in [5.74, 6) is 1.26. The highest BCUT2D eigenvalue weighted by Gasteiger charge is 2.29. The van der Waals surface area contributed by atoms with Gasteiger partial charge in [0.25, 0.3) is 0 Å². The fourth-order valence-corrected chi connectivity index (χ4v) is 4.01. The predicted octanol–water partition coefficient (Wildman–Crippen LogP) is 5.45. The lowest BCUT2D eigenvalue weighted by Crippen LogP contribution is -2.50. The van der Waals surface area contributed by atoms with E-state index in [0.717, 1.165) is 23.1 Å². The second kappa shape index (κ2) is 14.4. The van der Waals surface area contributed by atoms with Gasteiger partial charge in [0.15, 0.2) is 11.5 Å². The van der Waals surface area contributed by atoms with Gasteiger partial charge in [-0.15, -0.1) is 0 Å². The second-order valence-electron chi connectivity index (χ2n) is 8.90. The van der Waals surface area contributed by atoms with Crippen LogP contribution in [0.3, 0.4) is 0 Å². The molecule has 6 nitrogen and oxygen atoms in total. The molecule has 2 rings (SSSR count). The van der Waals surface area contributed by atoms with Crippen LogP contribution in [0.5, 0.6) is 11.5 Å². The van der Waals surface area contributed by atoms with Crippen LogP contribution in [-0.4, -0.2) is 42.0 Å². The summed E-state index contributed by atoms with van der Waals surface area (Å²) in [6.07, 6.45) is 2.25. The number of benzene rings is 2. The van der Waals surface area contributed by atoms with Crippen LogP contribution >= 0.6 is 0 Å². The Labute approximate surface area is 211 Å². The number of hydrogen-bond donors (Lipinski definition) is 1. The fraction of sp³-hybridized carbons (Fsp3) is 0.517. The standard InChI is InChI=1S/C29H42N2O4/c1-7-22(6)30-29(33)25(8-2)31(20-24-13-11-12-21(5)18-24)28(32)17-15-23-14-16-26(34-9-3)27(19-23)35-10-4/h11-14,16,18-19,22,25H,7-10,15,17,20H2,1-6H3,(H,30,33)/t22-,25+/m0/s1. The second-order valence-corrected chi connectivity index (χ2v) is 8.90. The Morgan fingerprint density at radius 2 is 1.63 bits per heavy atom. The molecule has 0 radical (unpaired) electrons. The molecule has 0 spiro atoms. The molecule has 2 atom stereocenters. The first kappa shape index (κ1) is 28.2. The molecule has 2 aromatic carbocycles. The van der Waals surface area contributed by atoms with E-state index in [2.05, 4.69) is 11.4 Å². The SMILES string of the molecule is CCOc1ccc(CCC(=O)N(Cc2cccc(C)c2)[C@H](CC)C(=O)N[C@@H](C)CC)cc1OCC. The molecule has 0 aliphatic carbocycles. The molecule has 35 heavy (non-hydrogen) atoms. The average Bonchev–Trinajstić information content (AvgIpc) is 2.84. The van der Waals surface area contributed by atoms with Gasteiger partial charge in [-0.3, -0.25) is 9.59 Å². The van der Waals surface area contributed by atoms with E-state index >= 15 is 0 Å². The molecule has 1 N–H and O–H groups in total. The lowest BCUT2D eigenvalue weighted by molar-refractivity contribution is -0.141. The molecule has 2 aromatic rings. The van der Waals surface area contributed by atoms with Crippen LogP contribution in [0.2, 0.25) is 0 Å². The van der Waals surface area contributed by atoms with Crippen molar-refractivity contribution in [2.24, 2.45) is 0 Å². The zero-order valence-electron chi connectivity index (χ0n) is 22.2. The summed E-state index contributed by atoms with van der Waals surface area (Å²) in [6, 6.07) is 13.5. The van der Waals surface area contributed by atoms with Crippen LogP contribution < -0.4 is 14.8 Å². The smallest absolute Gasteiger partial charge is 0.243 e. The van der Waals surface area contributed by atoms with Crippen molar-refractivity contribution in [2.75, 3.05) is 13.2 Å². The zero-order chi connectivity index (χ0) is 25.8. The predicted molar refractivity (Wildman–Crippen MR) is 141 cm³/mol. The molecule has 0 heterocycles. The van der Waals surface area contributed by atoms with Crippen LogP contribution in [-0.2, 0) is 22.6 Å². The van der Waals surface area contributed by atoms with Crippen LogP contribution in [0.4, 0.5) is 0 Å². The third kappa shape index (κ3) is 8.61. The van der Waals surface area contributed by atoms with Gasteiger partial charge in [-0.05, 0) is 70.2 Å². The van der Waals surface area contributed by atoms with E-state index < -0.39 is 6.04 Å². The van der Waals surface area contributed by atoms with Crippen molar-refractivity contribution in [1.82, 2.24) is 10.2 Å². The number of nitrogens with zero attached hydrogens (tertiary/aromatic N) is 1. The van der Waals surface area contributed by atoms with E-state index in [1.165, 1.54) is 0 Å². The van der Waals surface area contributed by atoms with Crippen molar-refractivity contribution in [2.45, 2.75) is 85.9 Å². The summed E-state index contributed by atoms with van der Waals surface area (Å²) >= 11 is 0. The number of aryl methyl sites for hydroxylation is 2. The Morgan fingerprint density at radius 3 is 2.26 bits per heavy atom. The molecule has 0 unspecified atom stereocenters. The van der Waals surface area contributed by atoms with Crippen molar-refractivity contribution < 1.29 is 19.1 Å². The maximum atomic E-state index is 13.5. The summed E-state index contributed by atoms with van der Waals surface area (Å²) in [5, 5.41) is 3.06. The Kier molecular flexibility index (Phi) is 11.6. The quantitative estimate of drug-likeness (QED) is 0.389. The number of ether oxygens (including phenoxy) is 2. The molecule has 0 bridgehead atoms. The summed E-state index contributed by atoms with van der Waals surface area (Å²) in [6.45, 7) is 13.4. The normalized spacial score (nSPS) is 12.5.